The monoisotopic (exact) mass is 935 g/mol. The lowest BCUT2D eigenvalue weighted by Gasteiger charge is -2.23. The molecular formula is C70H53N3. The number of nitrogens with zero attached hydrogens (tertiary/aromatic N) is 3. The molecule has 0 amide bonds. The maximum absolute atomic E-state index is 5.70. The van der Waals surface area contributed by atoms with Crippen LogP contribution >= 0.6 is 0 Å². The van der Waals surface area contributed by atoms with Crippen molar-refractivity contribution in [2.45, 2.75) is 51.4 Å². The second-order valence-electron chi connectivity index (χ2n) is 21.2. The van der Waals surface area contributed by atoms with Gasteiger partial charge in [-0.3, -0.25) is 4.57 Å². The summed E-state index contributed by atoms with van der Waals surface area (Å²) in [5.74, 6) is 0.918. The highest BCUT2D eigenvalue weighted by molar-refractivity contribution is 6.16. The molecule has 0 atom stereocenters. The standard InChI is InChI=1S/C70H53N3/c1-69(2)60-30-18-16-27-52(60)54-38-34-48(40-62(54)69)58-43-64(49-35-39-55-53-28-17-19-31-61(53)70(3,4)63(55)41-49)71-66-56-29-15-14-26-51(56)57(42-59(58)66)44-32-36-50(37-33-44)73-67(46-22-10-6-11-23-46)65(45-20-8-5-9-21-45)72-68(73)47-24-12-7-13-25-47/h5,7-10,12-43H,6,11H2,1-4H3. The number of imidazole rings is 1. The summed E-state index contributed by atoms with van der Waals surface area (Å²) >= 11 is 0. The fourth-order valence-corrected chi connectivity index (χ4v) is 12.5. The molecule has 348 valence electrons. The van der Waals surface area contributed by atoms with Gasteiger partial charge in [0, 0.05) is 44.0 Å². The number of hydrogen-bond donors (Lipinski definition) is 0. The Labute approximate surface area is 427 Å². The smallest absolute Gasteiger partial charge is 0.145 e. The molecular weight excluding hydrogens is 883 g/mol. The van der Waals surface area contributed by atoms with Crippen LogP contribution < -0.4 is 0 Å². The van der Waals surface area contributed by atoms with Crippen LogP contribution in [0.2, 0.25) is 0 Å². The van der Waals surface area contributed by atoms with E-state index >= 15 is 0 Å². The average Bonchev–Trinajstić information content (AvgIpc) is 4.04. The summed E-state index contributed by atoms with van der Waals surface area (Å²) in [6, 6.07) is 76.0. The number of hydrogen-bond acceptors (Lipinski definition) is 2. The summed E-state index contributed by atoms with van der Waals surface area (Å²) in [5.41, 5.74) is 24.8. The highest BCUT2D eigenvalue weighted by Crippen LogP contribution is 2.52. The molecule has 14 rings (SSSR count). The summed E-state index contributed by atoms with van der Waals surface area (Å²) in [6.45, 7) is 9.46. The molecule has 3 heteroatoms. The van der Waals surface area contributed by atoms with Gasteiger partial charge in [0.25, 0.3) is 0 Å². The van der Waals surface area contributed by atoms with Crippen molar-refractivity contribution in [3.63, 3.8) is 0 Å². The molecule has 2 heterocycles. The van der Waals surface area contributed by atoms with Gasteiger partial charge in [-0.1, -0.05) is 216 Å². The largest absolute Gasteiger partial charge is 0.292 e. The zero-order valence-corrected chi connectivity index (χ0v) is 41.6. The van der Waals surface area contributed by atoms with Gasteiger partial charge in [-0.15, -0.1) is 0 Å². The lowest BCUT2D eigenvalue weighted by molar-refractivity contribution is 0.660. The average molecular weight is 936 g/mol. The molecule has 0 N–H and O–H groups in total. The number of fused-ring (bicyclic) bond motifs is 9. The van der Waals surface area contributed by atoms with E-state index in [2.05, 4.69) is 257 Å². The van der Waals surface area contributed by atoms with Crippen molar-refractivity contribution in [2.75, 3.05) is 0 Å². The van der Waals surface area contributed by atoms with Crippen LogP contribution in [0.25, 0.3) is 111 Å². The van der Waals surface area contributed by atoms with E-state index in [-0.39, 0.29) is 10.8 Å². The van der Waals surface area contributed by atoms with Crippen LogP contribution in [0.15, 0.2) is 224 Å². The molecule has 11 aromatic rings. The summed E-state index contributed by atoms with van der Waals surface area (Å²) in [7, 11) is 0. The van der Waals surface area contributed by atoms with Crippen molar-refractivity contribution in [2.24, 2.45) is 0 Å². The fraction of sp³-hybridized carbons (Fsp3) is 0.114. The van der Waals surface area contributed by atoms with Crippen LogP contribution in [0.1, 0.15) is 68.5 Å². The van der Waals surface area contributed by atoms with Crippen LogP contribution in [0.4, 0.5) is 0 Å². The van der Waals surface area contributed by atoms with E-state index in [4.69, 9.17) is 9.97 Å². The summed E-state index contributed by atoms with van der Waals surface area (Å²) in [6.07, 6.45) is 8.96. The Hall–Kier alpha value is -8.66. The third kappa shape index (κ3) is 6.72. The van der Waals surface area contributed by atoms with Gasteiger partial charge in [0.15, 0.2) is 0 Å². The van der Waals surface area contributed by atoms with Crippen molar-refractivity contribution in [3.8, 4) is 84.1 Å². The predicted molar refractivity (Wildman–Crippen MR) is 305 cm³/mol. The number of allylic oxidation sites excluding steroid dienone is 4. The first-order valence-electron chi connectivity index (χ1n) is 25.8. The Morgan fingerprint density at radius 3 is 1.60 bits per heavy atom. The van der Waals surface area contributed by atoms with Gasteiger partial charge < -0.3 is 0 Å². The van der Waals surface area contributed by atoms with E-state index in [0.717, 1.165) is 80.0 Å². The van der Waals surface area contributed by atoms with Crippen molar-refractivity contribution in [3.05, 3.63) is 252 Å². The van der Waals surface area contributed by atoms with Crippen molar-refractivity contribution in [1.29, 1.82) is 0 Å². The summed E-state index contributed by atoms with van der Waals surface area (Å²) < 4.78 is 2.37. The quantitative estimate of drug-likeness (QED) is 0.149. The molecule has 0 bridgehead atoms. The minimum atomic E-state index is -0.144. The maximum atomic E-state index is 5.70. The van der Waals surface area contributed by atoms with Crippen LogP contribution in [-0.2, 0) is 10.8 Å². The second kappa shape index (κ2) is 16.4. The maximum Gasteiger partial charge on any atom is 0.145 e. The molecule has 3 aliphatic rings. The molecule has 0 saturated heterocycles. The highest BCUT2D eigenvalue weighted by atomic mass is 15.1. The van der Waals surface area contributed by atoms with Gasteiger partial charge in [0.05, 0.1) is 22.6 Å². The predicted octanol–water partition coefficient (Wildman–Crippen LogP) is 18.3. The number of rotatable bonds is 7. The first-order chi connectivity index (χ1) is 35.7. The zero-order valence-electron chi connectivity index (χ0n) is 41.6. The number of benzene rings is 9. The molecule has 9 aromatic carbocycles. The molecule has 0 saturated carbocycles. The minimum Gasteiger partial charge on any atom is -0.292 e. The lowest BCUT2D eigenvalue weighted by Crippen LogP contribution is -2.15. The van der Waals surface area contributed by atoms with Crippen LogP contribution in [0.5, 0.6) is 0 Å². The molecule has 0 spiro atoms. The van der Waals surface area contributed by atoms with Gasteiger partial charge in [-0.2, -0.15) is 0 Å². The molecule has 0 radical (unpaired) electrons. The molecule has 0 aliphatic heterocycles. The second-order valence-corrected chi connectivity index (χ2v) is 21.2. The third-order valence-corrected chi connectivity index (χ3v) is 16.3. The topological polar surface area (TPSA) is 30.7 Å². The molecule has 0 unspecified atom stereocenters. The van der Waals surface area contributed by atoms with E-state index in [1.54, 1.807) is 0 Å². The van der Waals surface area contributed by atoms with E-state index in [0.29, 0.717) is 0 Å². The Bertz CT molecular complexity index is 4110. The fourth-order valence-electron chi connectivity index (χ4n) is 12.5. The van der Waals surface area contributed by atoms with Crippen molar-refractivity contribution < 1.29 is 0 Å². The number of pyridine rings is 1. The molecule has 2 aromatic heterocycles. The van der Waals surface area contributed by atoms with Gasteiger partial charge in [0.2, 0.25) is 0 Å². The third-order valence-electron chi connectivity index (χ3n) is 16.3. The van der Waals surface area contributed by atoms with Gasteiger partial charge >= 0.3 is 0 Å². The Morgan fingerprint density at radius 1 is 0.397 bits per heavy atom. The first kappa shape index (κ1) is 43.2. The molecule has 73 heavy (non-hydrogen) atoms. The summed E-state index contributed by atoms with van der Waals surface area (Å²) in [4.78, 5) is 11.2. The van der Waals surface area contributed by atoms with Crippen molar-refractivity contribution >= 4 is 27.2 Å². The molecule has 0 fully saturated rings. The van der Waals surface area contributed by atoms with Gasteiger partial charge in [0.1, 0.15) is 5.82 Å². The van der Waals surface area contributed by atoms with E-state index in [1.165, 1.54) is 72.2 Å². The van der Waals surface area contributed by atoms with E-state index in [9.17, 15) is 0 Å². The summed E-state index contributed by atoms with van der Waals surface area (Å²) in [5, 5.41) is 3.44. The van der Waals surface area contributed by atoms with Crippen LogP contribution in [0, 0.1) is 0 Å². The molecule has 3 aliphatic carbocycles. The first-order valence-corrected chi connectivity index (χ1v) is 25.8. The normalized spacial score (nSPS) is 14.7. The van der Waals surface area contributed by atoms with Crippen LogP contribution in [-0.4, -0.2) is 14.5 Å². The van der Waals surface area contributed by atoms with E-state index in [1.807, 2.05) is 0 Å². The highest BCUT2D eigenvalue weighted by Gasteiger charge is 2.37. The van der Waals surface area contributed by atoms with Crippen LogP contribution in [0.3, 0.4) is 0 Å². The van der Waals surface area contributed by atoms with Gasteiger partial charge in [-0.05, 0) is 127 Å². The molecule has 3 nitrogen and oxygen atoms in total. The zero-order chi connectivity index (χ0) is 49.0. The minimum absolute atomic E-state index is 0.129. The SMILES string of the molecule is CC1(C)c2ccccc2-c2ccc(-c3cc(-c4ccc5c(c4)C(C)(C)c4ccccc4-5)c4cc(-c5ccc(-n6c(-c7ccccc7)nc(-c7ccccc7)c6C6=CCCC=C6)cc5)c5ccccc5c4n3)cc21. The van der Waals surface area contributed by atoms with Crippen molar-refractivity contribution in [1.82, 2.24) is 14.5 Å². The Kier molecular flexibility index (Phi) is 9.72. The Balaban J connectivity index is 0.973. The lowest BCUT2D eigenvalue weighted by atomic mass is 9.81. The van der Waals surface area contributed by atoms with Gasteiger partial charge in [-0.25, -0.2) is 9.97 Å². The van der Waals surface area contributed by atoms with E-state index < -0.39 is 0 Å². The number of aromatic nitrogens is 3. The Morgan fingerprint density at radius 2 is 0.945 bits per heavy atom.